The number of carbonyl (C=O) groups excluding carboxylic acids is 3. The normalized spacial score (nSPS) is 12.4. The van der Waals surface area contributed by atoms with Crippen molar-refractivity contribution >= 4 is 17.9 Å². The predicted molar refractivity (Wildman–Crippen MR) is 261 cm³/mol. The Hall–Kier alpha value is -2.63. The summed E-state index contributed by atoms with van der Waals surface area (Å²) < 4.78 is 16.8. The minimum Gasteiger partial charge on any atom is -0.462 e. The van der Waals surface area contributed by atoms with E-state index in [9.17, 15) is 14.4 Å². The number of carbonyl (C=O) groups is 3. The second kappa shape index (κ2) is 50.0. The molecule has 0 heterocycles. The van der Waals surface area contributed by atoms with Crippen LogP contribution < -0.4 is 0 Å². The van der Waals surface area contributed by atoms with Crippen LogP contribution in [0.3, 0.4) is 0 Å². The minimum absolute atomic E-state index is 0.0847. The summed E-state index contributed by atoms with van der Waals surface area (Å²) in [6.45, 7) is 6.58. The molecular formula is C55H98O6. The Morgan fingerprint density at radius 3 is 0.967 bits per heavy atom. The molecule has 0 rings (SSSR count). The molecule has 0 aliphatic rings. The van der Waals surface area contributed by atoms with E-state index in [0.29, 0.717) is 19.3 Å². The number of allylic oxidation sites excluding steroid dienone is 8. The third-order valence-electron chi connectivity index (χ3n) is 11.3. The Kier molecular flexibility index (Phi) is 47.9. The van der Waals surface area contributed by atoms with Gasteiger partial charge in [0.1, 0.15) is 13.2 Å². The Labute approximate surface area is 378 Å². The molecule has 6 heteroatoms. The molecule has 0 spiro atoms. The average molecular weight is 855 g/mol. The van der Waals surface area contributed by atoms with Gasteiger partial charge >= 0.3 is 17.9 Å². The summed E-state index contributed by atoms with van der Waals surface area (Å²) in [7, 11) is 0. The van der Waals surface area contributed by atoms with Gasteiger partial charge in [0.2, 0.25) is 0 Å². The number of rotatable bonds is 47. The van der Waals surface area contributed by atoms with Crippen molar-refractivity contribution < 1.29 is 28.6 Å². The third kappa shape index (κ3) is 48.3. The van der Waals surface area contributed by atoms with Gasteiger partial charge in [0, 0.05) is 19.3 Å². The zero-order chi connectivity index (χ0) is 44.4. The van der Waals surface area contributed by atoms with Crippen LogP contribution in [-0.2, 0) is 28.6 Å². The van der Waals surface area contributed by atoms with Gasteiger partial charge in [-0.05, 0) is 103 Å². The molecule has 1 atom stereocenters. The fraction of sp³-hybridized carbons (Fsp3) is 0.800. The van der Waals surface area contributed by atoms with E-state index in [1.807, 2.05) is 0 Å². The summed E-state index contributed by atoms with van der Waals surface area (Å²) in [6.07, 6.45) is 59.4. The molecule has 1 unspecified atom stereocenters. The van der Waals surface area contributed by atoms with Crippen LogP contribution in [0.2, 0.25) is 0 Å². The van der Waals surface area contributed by atoms with Gasteiger partial charge in [-0.3, -0.25) is 14.4 Å². The van der Waals surface area contributed by atoms with E-state index < -0.39 is 6.10 Å². The largest absolute Gasteiger partial charge is 0.462 e. The summed E-state index contributed by atoms with van der Waals surface area (Å²) in [6, 6.07) is 0. The van der Waals surface area contributed by atoms with Crippen molar-refractivity contribution in [3.05, 3.63) is 48.6 Å². The average Bonchev–Trinajstić information content (AvgIpc) is 3.26. The molecule has 0 aromatic rings. The summed E-state index contributed by atoms with van der Waals surface area (Å²) in [5, 5.41) is 0. The standard InChI is InChI=1S/C55H98O6/c1-4-7-10-13-16-19-22-25-27-29-30-33-36-39-42-45-48-54(57)60-51-52(50-59-53(56)47-44-41-38-35-32-24-21-18-15-12-9-6-3)61-55(58)49-46-43-40-37-34-31-28-26-23-20-17-14-11-8-5-2/h18-19,21-22,26-29,52H,4-17,20,23-25,30-51H2,1-3H3/b21-18-,22-19-,28-26-,29-27-. The maximum atomic E-state index is 12.8. The lowest BCUT2D eigenvalue weighted by Crippen LogP contribution is -2.30. The number of hydrogen-bond donors (Lipinski definition) is 0. The zero-order valence-electron chi connectivity index (χ0n) is 40.4. The lowest BCUT2D eigenvalue weighted by Gasteiger charge is -2.18. The van der Waals surface area contributed by atoms with Crippen molar-refractivity contribution in [2.24, 2.45) is 0 Å². The van der Waals surface area contributed by atoms with E-state index >= 15 is 0 Å². The number of unbranched alkanes of at least 4 members (excludes halogenated alkanes) is 28. The van der Waals surface area contributed by atoms with Gasteiger partial charge < -0.3 is 14.2 Å². The van der Waals surface area contributed by atoms with Crippen LogP contribution >= 0.6 is 0 Å². The number of ether oxygens (including phenoxy) is 3. The molecule has 61 heavy (non-hydrogen) atoms. The molecule has 354 valence electrons. The second-order valence-electron chi connectivity index (χ2n) is 17.4. The summed E-state index contributed by atoms with van der Waals surface area (Å²) in [5.41, 5.74) is 0. The molecule has 0 aliphatic heterocycles. The molecule has 6 nitrogen and oxygen atoms in total. The first-order valence-corrected chi connectivity index (χ1v) is 26.1. The first-order chi connectivity index (χ1) is 30.0. The van der Waals surface area contributed by atoms with Gasteiger partial charge in [-0.15, -0.1) is 0 Å². The molecule has 0 saturated heterocycles. The molecule has 0 aromatic heterocycles. The van der Waals surface area contributed by atoms with Crippen LogP contribution in [0.1, 0.15) is 265 Å². The molecule has 0 saturated carbocycles. The van der Waals surface area contributed by atoms with E-state index in [0.717, 1.165) is 96.3 Å². The molecule has 0 aliphatic carbocycles. The van der Waals surface area contributed by atoms with Crippen LogP contribution in [0.5, 0.6) is 0 Å². The highest BCUT2D eigenvalue weighted by molar-refractivity contribution is 5.71. The molecule has 0 aromatic carbocycles. The molecule has 0 bridgehead atoms. The van der Waals surface area contributed by atoms with Crippen molar-refractivity contribution in [3.63, 3.8) is 0 Å². The lowest BCUT2D eigenvalue weighted by atomic mass is 10.1. The fourth-order valence-electron chi connectivity index (χ4n) is 7.28. The smallest absolute Gasteiger partial charge is 0.306 e. The number of hydrogen-bond acceptors (Lipinski definition) is 6. The van der Waals surface area contributed by atoms with Gasteiger partial charge in [0.25, 0.3) is 0 Å². The SMILES string of the molecule is CCCCC/C=C\CCCCCCCC(=O)OCC(COC(=O)CCCCCCC/C=C\C/C=C\CCCCCC)OC(=O)CCCCCCC/C=C\CCCCCCCC. The summed E-state index contributed by atoms with van der Waals surface area (Å²) >= 11 is 0. The molecule has 0 radical (unpaired) electrons. The molecule has 0 fully saturated rings. The van der Waals surface area contributed by atoms with Crippen LogP contribution in [0, 0.1) is 0 Å². The van der Waals surface area contributed by atoms with Crippen molar-refractivity contribution in [2.75, 3.05) is 13.2 Å². The van der Waals surface area contributed by atoms with Gasteiger partial charge in [-0.2, -0.15) is 0 Å². The van der Waals surface area contributed by atoms with Crippen LogP contribution in [-0.4, -0.2) is 37.2 Å². The highest BCUT2D eigenvalue weighted by Gasteiger charge is 2.19. The first-order valence-electron chi connectivity index (χ1n) is 26.1. The molecule has 0 N–H and O–H groups in total. The van der Waals surface area contributed by atoms with E-state index in [1.165, 1.54) is 128 Å². The Bertz CT molecular complexity index is 1070. The van der Waals surface area contributed by atoms with E-state index in [4.69, 9.17) is 14.2 Å². The van der Waals surface area contributed by atoms with E-state index in [-0.39, 0.29) is 31.1 Å². The Morgan fingerprint density at radius 1 is 0.328 bits per heavy atom. The highest BCUT2D eigenvalue weighted by atomic mass is 16.6. The predicted octanol–water partition coefficient (Wildman–Crippen LogP) is 17.1. The summed E-state index contributed by atoms with van der Waals surface area (Å²) in [4.78, 5) is 38.0. The van der Waals surface area contributed by atoms with Gasteiger partial charge in [-0.1, -0.05) is 191 Å². The van der Waals surface area contributed by atoms with Gasteiger partial charge in [-0.25, -0.2) is 0 Å². The van der Waals surface area contributed by atoms with Gasteiger partial charge in [0.15, 0.2) is 6.10 Å². The van der Waals surface area contributed by atoms with Gasteiger partial charge in [0.05, 0.1) is 0 Å². The molecule has 0 amide bonds. The second-order valence-corrected chi connectivity index (χ2v) is 17.4. The quantitative estimate of drug-likeness (QED) is 0.0263. The molecular weight excluding hydrogens is 757 g/mol. The summed E-state index contributed by atoms with van der Waals surface area (Å²) in [5.74, 6) is -0.909. The Morgan fingerprint density at radius 2 is 0.590 bits per heavy atom. The fourth-order valence-corrected chi connectivity index (χ4v) is 7.28. The van der Waals surface area contributed by atoms with Crippen LogP contribution in [0.4, 0.5) is 0 Å². The maximum Gasteiger partial charge on any atom is 0.306 e. The minimum atomic E-state index is -0.784. The van der Waals surface area contributed by atoms with Crippen molar-refractivity contribution in [2.45, 2.75) is 271 Å². The van der Waals surface area contributed by atoms with Crippen molar-refractivity contribution in [1.29, 1.82) is 0 Å². The maximum absolute atomic E-state index is 12.8. The van der Waals surface area contributed by atoms with Crippen molar-refractivity contribution in [1.82, 2.24) is 0 Å². The monoisotopic (exact) mass is 855 g/mol. The topological polar surface area (TPSA) is 78.9 Å². The first kappa shape index (κ1) is 58.4. The van der Waals surface area contributed by atoms with Crippen LogP contribution in [0.15, 0.2) is 48.6 Å². The van der Waals surface area contributed by atoms with Crippen molar-refractivity contribution in [3.8, 4) is 0 Å². The number of esters is 3. The highest BCUT2D eigenvalue weighted by Crippen LogP contribution is 2.14. The van der Waals surface area contributed by atoms with E-state index in [2.05, 4.69) is 69.4 Å². The zero-order valence-corrected chi connectivity index (χ0v) is 40.4. The third-order valence-corrected chi connectivity index (χ3v) is 11.3. The van der Waals surface area contributed by atoms with E-state index in [1.54, 1.807) is 0 Å². The Balaban J connectivity index is 4.41. The van der Waals surface area contributed by atoms with Crippen LogP contribution in [0.25, 0.3) is 0 Å². The lowest BCUT2D eigenvalue weighted by molar-refractivity contribution is -0.167.